The molecule has 9 heavy (non-hydrogen) atoms. The molecular weight excluding hydrogens is 118 g/mol. The minimum absolute atomic E-state index is 0.187. The highest BCUT2D eigenvalue weighted by molar-refractivity contribution is 5.70. The van der Waals surface area contributed by atoms with Crippen LogP contribution in [0, 0.1) is 0 Å². The Labute approximate surface area is 53.4 Å². The van der Waals surface area contributed by atoms with Gasteiger partial charge in [0, 0.05) is 13.1 Å². The number of aliphatic carboxylic acids is 1. The summed E-state index contributed by atoms with van der Waals surface area (Å²) in [6.45, 7) is 1.56. The van der Waals surface area contributed by atoms with Gasteiger partial charge in [0.1, 0.15) is 0 Å². The SMILES string of the molecule is O=C(O)CC1=CCNC1. The van der Waals surface area contributed by atoms with Crippen LogP contribution in [-0.4, -0.2) is 24.2 Å². The smallest absolute Gasteiger partial charge is 0.307 e. The van der Waals surface area contributed by atoms with Crippen LogP contribution < -0.4 is 5.32 Å². The molecule has 1 aliphatic heterocycles. The van der Waals surface area contributed by atoms with Crippen LogP contribution in [0.15, 0.2) is 11.6 Å². The molecular formula is C6H9NO2. The normalized spacial score (nSPS) is 17.6. The molecule has 0 unspecified atom stereocenters. The van der Waals surface area contributed by atoms with Crippen molar-refractivity contribution in [2.75, 3.05) is 13.1 Å². The molecule has 0 aromatic carbocycles. The van der Waals surface area contributed by atoms with Gasteiger partial charge in [-0.2, -0.15) is 0 Å². The van der Waals surface area contributed by atoms with E-state index in [0.29, 0.717) is 0 Å². The molecule has 0 aromatic rings. The zero-order chi connectivity index (χ0) is 6.69. The summed E-state index contributed by atoms with van der Waals surface area (Å²) in [6, 6.07) is 0. The van der Waals surface area contributed by atoms with Gasteiger partial charge in [0.15, 0.2) is 0 Å². The lowest BCUT2D eigenvalue weighted by molar-refractivity contribution is -0.136. The summed E-state index contributed by atoms with van der Waals surface area (Å²) in [5.41, 5.74) is 0.988. The van der Waals surface area contributed by atoms with Crippen molar-refractivity contribution in [2.24, 2.45) is 0 Å². The first-order valence-electron chi connectivity index (χ1n) is 2.89. The molecule has 0 fully saturated rings. The van der Waals surface area contributed by atoms with E-state index in [9.17, 15) is 4.79 Å². The largest absolute Gasteiger partial charge is 0.481 e. The molecule has 0 aromatic heterocycles. The third-order valence-electron chi connectivity index (χ3n) is 1.27. The summed E-state index contributed by atoms with van der Waals surface area (Å²) in [7, 11) is 0. The van der Waals surface area contributed by atoms with Crippen LogP contribution in [0.3, 0.4) is 0 Å². The molecule has 1 heterocycles. The number of nitrogens with one attached hydrogen (secondary N) is 1. The van der Waals surface area contributed by atoms with E-state index in [1.807, 2.05) is 6.08 Å². The fraction of sp³-hybridized carbons (Fsp3) is 0.500. The van der Waals surface area contributed by atoms with Crippen LogP contribution >= 0.6 is 0 Å². The Bertz CT molecular complexity index is 151. The predicted octanol–water partition coefficient (Wildman–Crippen LogP) is -0.00930. The Morgan fingerprint density at radius 1 is 1.89 bits per heavy atom. The average molecular weight is 127 g/mol. The third kappa shape index (κ3) is 1.85. The third-order valence-corrected chi connectivity index (χ3v) is 1.27. The molecule has 3 heteroatoms. The van der Waals surface area contributed by atoms with Crippen LogP contribution in [0.2, 0.25) is 0 Å². The van der Waals surface area contributed by atoms with Crippen molar-refractivity contribution in [1.82, 2.24) is 5.32 Å². The van der Waals surface area contributed by atoms with Gasteiger partial charge in [-0.05, 0) is 5.57 Å². The molecule has 0 saturated carbocycles. The van der Waals surface area contributed by atoms with Gasteiger partial charge in [-0.15, -0.1) is 0 Å². The highest BCUT2D eigenvalue weighted by Gasteiger charge is 2.06. The van der Waals surface area contributed by atoms with E-state index in [1.54, 1.807) is 0 Å². The topological polar surface area (TPSA) is 49.3 Å². The van der Waals surface area contributed by atoms with E-state index in [2.05, 4.69) is 5.32 Å². The van der Waals surface area contributed by atoms with Crippen molar-refractivity contribution in [2.45, 2.75) is 6.42 Å². The molecule has 0 radical (unpaired) electrons. The molecule has 0 saturated heterocycles. The second-order valence-corrected chi connectivity index (χ2v) is 2.06. The molecule has 50 valence electrons. The van der Waals surface area contributed by atoms with Crippen LogP contribution in [0.25, 0.3) is 0 Å². The lowest BCUT2D eigenvalue weighted by Gasteiger charge is -1.93. The second-order valence-electron chi connectivity index (χ2n) is 2.06. The van der Waals surface area contributed by atoms with Crippen LogP contribution in [-0.2, 0) is 4.79 Å². The van der Waals surface area contributed by atoms with Crippen LogP contribution in [0.4, 0.5) is 0 Å². The summed E-state index contributed by atoms with van der Waals surface area (Å²) in [5, 5.41) is 11.3. The Kier molecular flexibility index (Phi) is 1.85. The number of carboxylic acid groups (broad SMARTS) is 1. The minimum Gasteiger partial charge on any atom is -0.481 e. The zero-order valence-electron chi connectivity index (χ0n) is 5.05. The number of rotatable bonds is 2. The summed E-state index contributed by atoms with van der Waals surface area (Å²) in [5.74, 6) is -0.745. The number of carboxylic acids is 1. The average Bonchev–Trinajstić information content (AvgIpc) is 2.15. The Morgan fingerprint density at radius 3 is 3.11 bits per heavy atom. The van der Waals surface area contributed by atoms with Crippen molar-refractivity contribution in [3.8, 4) is 0 Å². The summed E-state index contributed by atoms with van der Waals surface area (Å²) in [6.07, 6.45) is 2.11. The second kappa shape index (κ2) is 2.64. The van der Waals surface area contributed by atoms with E-state index in [4.69, 9.17) is 5.11 Å². The lowest BCUT2D eigenvalue weighted by Crippen LogP contribution is -2.09. The molecule has 0 amide bonds. The first-order valence-corrected chi connectivity index (χ1v) is 2.89. The summed E-state index contributed by atoms with van der Waals surface area (Å²) < 4.78 is 0. The Hall–Kier alpha value is -0.830. The molecule has 2 N–H and O–H groups in total. The van der Waals surface area contributed by atoms with Gasteiger partial charge in [0.05, 0.1) is 6.42 Å². The van der Waals surface area contributed by atoms with Gasteiger partial charge >= 0.3 is 5.97 Å². The van der Waals surface area contributed by atoms with Gasteiger partial charge in [-0.25, -0.2) is 0 Å². The highest BCUT2D eigenvalue weighted by Crippen LogP contribution is 2.02. The molecule has 3 nitrogen and oxygen atoms in total. The fourth-order valence-electron chi connectivity index (χ4n) is 0.850. The maximum Gasteiger partial charge on any atom is 0.307 e. The zero-order valence-corrected chi connectivity index (χ0v) is 5.05. The van der Waals surface area contributed by atoms with Gasteiger partial charge in [0.2, 0.25) is 0 Å². The number of hydrogen-bond donors (Lipinski definition) is 2. The highest BCUT2D eigenvalue weighted by atomic mass is 16.4. The van der Waals surface area contributed by atoms with Crippen LogP contribution in [0.1, 0.15) is 6.42 Å². The van der Waals surface area contributed by atoms with Crippen molar-refractivity contribution in [3.63, 3.8) is 0 Å². The monoisotopic (exact) mass is 127 g/mol. The van der Waals surface area contributed by atoms with E-state index in [0.717, 1.165) is 18.7 Å². The van der Waals surface area contributed by atoms with Crippen molar-refractivity contribution < 1.29 is 9.90 Å². The maximum absolute atomic E-state index is 10.1. The lowest BCUT2D eigenvalue weighted by atomic mass is 10.2. The van der Waals surface area contributed by atoms with Crippen molar-refractivity contribution in [1.29, 1.82) is 0 Å². The quantitative estimate of drug-likeness (QED) is 0.513. The van der Waals surface area contributed by atoms with Gasteiger partial charge < -0.3 is 10.4 Å². The van der Waals surface area contributed by atoms with E-state index >= 15 is 0 Å². The van der Waals surface area contributed by atoms with Gasteiger partial charge in [-0.1, -0.05) is 6.08 Å². The van der Waals surface area contributed by atoms with Gasteiger partial charge in [-0.3, -0.25) is 4.79 Å². The molecule has 0 bridgehead atoms. The van der Waals surface area contributed by atoms with Crippen molar-refractivity contribution in [3.05, 3.63) is 11.6 Å². The maximum atomic E-state index is 10.1. The standard InChI is InChI=1S/C6H9NO2/c8-6(9)3-5-1-2-7-4-5/h1,7H,2-4H2,(H,8,9). The molecule has 0 atom stereocenters. The first-order chi connectivity index (χ1) is 4.29. The van der Waals surface area contributed by atoms with Crippen LogP contribution in [0.5, 0.6) is 0 Å². The van der Waals surface area contributed by atoms with E-state index in [-0.39, 0.29) is 6.42 Å². The minimum atomic E-state index is -0.745. The molecule has 0 aliphatic carbocycles. The summed E-state index contributed by atoms with van der Waals surface area (Å²) in [4.78, 5) is 10.1. The predicted molar refractivity (Wildman–Crippen MR) is 33.2 cm³/mol. The van der Waals surface area contributed by atoms with E-state index < -0.39 is 5.97 Å². The first kappa shape index (κ1) is 6.29. The fourth-order valence-corrected chi connectivity index (χ4v) is 0.850. The Morgan fingerprint density at radius 2 is 2.67 bits per heavy atom. The van der Waals surface area contributed by atoms with E-state index in [1.165, 1.54) is 0 Å². The summed E-state index contributed by atoms with van der Waals surface area (Å²) >= 11 is 0. The van der Waals surface area contributed by atoms with Gasteiger partial charge in [0.25, 0.3) is 0 Å². The number of carbonyl (C=O) groups is 1. The molecule has 1 aliphatic rings. The number of hydrogen-bond acceptors (Lipinski definition) is 2. The Balaban J connectivity index is 2.35. The molecule has 1 rings (SSSR count). The molecule has 0 spiro atoms. The van der Waals surface area contributed by atoms with Crippen molar-refractivity contribution >= 4 is 5.97 Å².